The molecule has 0 saturated heterocycles. The summed E-state index contributed by atoms with van der Waals surface area (Å²) in [5.74, 6) is 0. The van der Waals surface area contributed by atoms with E-state index in [0.29, 0.717) is 5.65 Å². The number of nitrogens with one attached hydrogen (secondary N) is 1. The van der Waals surface area contributed by atoms with E-state index in [0.717, 1.165) is 12.1 Å². The fourth-order valence-corrected chi connectivity index (χ4v) is 1.66. The zero-order valence-electron chi connectivity index (χ0n) is 9.11. The minimum atomic E-state index is 0.695. The third-order valence-electron chi connectivity index (χ3n) is 2.52. The smallest absolute Gasteiger partial charge is 0.182 e. The van der Waals surface area contributed by atoms with Crippen molar-refractivity contribution in [2.24, 2.45) is 0 Å². The zero-order chi connectivity index (χ0) is 11.5. The van der Waals surface area contributed by atoms with Crippen LogP contribution in [-0.4, -0.2) is 19.6 Å². The molecule has 5 nitrogen and oxygen atoms in total. The quantitative estimate of drug-likeness (QED) is 0.735. The second-order valence-corrected chi connectivity index (χ2v) is 3.67. The highest BCUT2D eigenvalue weighted by Crippen LogP contribution is 2.06. The van der Waals surface area contributed by atoms with Crippen LogP contribution in [0.1, 0.15) is 5.56 Å². The molecule has 0 atom stereocenters. The van der Waals surface area contributed by atoms with Crippen molar-refractivity contribution in [3.8, 4) is 0 Å². The van der Waals surface area contributed by atoms with E-state index in [1.807, 2.05) is 22.9 Å². The predicted octanol–water partition coefficient (Wildman–Crippen LogP) is 1.57. The van der Waals surface area contributed by atoms with Crippen LogP contribution in [0.25, 0.3) is 11.2 Å². The van der Waals surface area contributed by atoms with Crippen LogP contribution in [0.4, 0.5) is 0 Å². The minimum Gasteiger partial charge on any atom is -0.320 e. The fourth-order valence-electron chi connectivity index (χ4n) is 1.66. The van der Waals surface area contributed by atoms with Crippen molar-refractivity contribution >= 4 is 11.2 Å². The average Bonchev–Trinajstić information content (AvgIpc) is 2.81. The number of imidazole rings is 1. The molecule has 1 N–H and O–H groups in total. The highest BCUT2D eigenvalue weighted by molar-refractivity contribution is 5.69. The number of benzene rings is 1. The summed E-state index contributed by atoms with van der Waals surface area (Å²) in [6.07, 6.45) is 4.95. The van der Waals surface area contributed by atoms with E-state index in [2.05, 4.69) is 32.5 Å². The van der Waals surface area contributed by atoms with E-state index in [4.69, 9.17) is 0 Å². The van der Waals surface area contributed by atoms with E-state index >= 15 is 0 Å². The normalized spacial score (nSPS) is 10.6. The molecule has 1 aromatic carbocycles. The summed E-state index contributed by atoms with van der Waals surface area (Å²) in [6.45, 7) is 0.737. The molecule has 3 aromatic rings. The van der Waals surface area contributed by atoms with Crippen LogP contribution < -0.4 is 5.43 Å². The van der Waals surface area contributed by atoms with Crippen LogP contribution in [0.5, 0.6) is 0 Å². The molecule has 3 rings (SSSR count). The van der Waals surface area contributed by atoms with Crippen molar-refractivity contribution in [3.63, 3.8) is 0 Å². The van der Waals surface area contributed by atoms with Gasteiger partial charge in [0.15, 0.2) is 5.65 Å². The molecular weight excluding hydrogens is 214 g/mol. The summed E-state index contributed by atoms with van der Waals surface area (Å²) in [5, 5.41) is 0. The molecule has 2 heterocycles. The summed E-state index contributed by atoms with van der Waals surface area (Å²) >= 11 is 0. The second kappa shape index (κ2) is 4.21. The zero-order valence-corrected chi connectivity index (χ0v) is 9.11. The largest absolute Gasteiger partial charge is 0.320 e. The van der Waals surface area contributed by atoms with Crippen molar-refractivity contribution in [1.82, 2.24) is 19.6 Å². The van der Waals surface area contributed by atoms with Gasteiger partial charge in [-0.05, 0) is 5.56 Å². The molecule has 0 spiro atoms. The van der Waals surface area contributed by atoms with Crippen molar-refractivity contribution in [2.45, 2.75) is 6.54 Å². The Bertz CT molecular complexity index is 617. The molecule has 0 radical (unpaired) electrons. The Morgan fingerprint density at radius 1 is 1.12 bits per heavy atom. The fraction of sp³-hybridized carbons (Fsp3) is 0.0833. The average molecular weight is 225 g/mol. The van der Waals surface area contributed by atoms with Gasteiger partial charge in [0.05, 0.1) is 12.7 Å². The maximum atomic E-state index is 4.18. The van der Waals surface area contributed by atoms with E-state index in [1.54, 1.807) is 12.5 Å². The number of fused-ring (bicyclic) bond motifs is 1. The number of hydrogen-bond donors (Lipinski definition) is 1. The van der Waals surface area contributed by atoms with E-state index in [1.165, 1.54) is 11.9 Å². The molecule has 0 aliphatic heterocycles. The van der Waals surface area contributed by atoms with Crippen LogP contribution in [0.2, 0.25) is 0 Å². The Morgan fingerprint density at radius 2 is 2.00 bits per heavy atom. The van der Waals surface area contributed by atoms with Crippen LogP contribution in [0, 0.1) is 0 Å². The molecule has 2 aromatic heterocycles. The first-order chi connectivity index (χ1) is 8.43. The Hall–Kier alpha value is -2.43. The van der Waals surface area contributed by atoms with Crippen molar-refractivity contribution in [2.75, 3.05) is 5.43 Å². The van der Waals surface area contributed by atoms with E-state index < -0.39 is 0 Å². The molecule has 0 amide bonds. The number of aromatic nitrogens is 4. The Morgan fingerprint density at radius 3 is 2.88 bits per heavy atom. The van der Waals surface area contributed by atoms with Gasteiger partial charge < -0.3 is 5.43 Å². The molecule has 5 heteroatoms. The minimum absolute atomic E-state index is 0.695. The summed E-state index contributed by atoms with van der Waals surface area (Å²) < 4.78 is 1.84. The molecule has 0 bridgehead atoms. The van der Waals surface area contributed by atoms with E-state index in [9.17, 15) is 0 Å². The Labute approximate surface area is 98.1 Å². The number of rotatable bonds is 3. The maximum Gasteiger partial charge on any atom is 0.182 e. The van der Waals surface area contributed by atoms with Crippen LogP contribution >= 0.6 is 0 Å². The lowest BCUT2D eigenvalue weighted by molar-refractivity contribution is 0.861. The molecule has 0 aliphatic carbocycles. The Balaban J connectivity index is 1.82. The van der Waals surface area contributed by atoms with Crippen molar-refractivity contribution in [3.05, 3.63) is 54.7 Å². The number of nitrogens with zero attached hydrogens (tertiary/aromatic N) is 4. The molecule has 84 valence electrons. The van der Waals surface area contributed by atoms with Gasteiger partial charge in [-0.1, -0.05) is 30.3 Å². The first-order valence-electron chi connectivity index (χ1n) is 5.34. The van der Waals surface area contributed by atoms with Crippen LogP contribution in [0.3, 0.4) is 0 Å². The lowest BCUT2D eigenvalue weighted by Gasteiger charge is -2.07. The molecule has 0 aliphatic rings. The molecule has 0 unspecified atom stereocenters. The molecular formula is C12H11N5. The van der Waals surface area contributed by atoms with Crippen LogP contribution in [-0.2, 0) is 6.54 Å². The third kappa shape index (κ3) is 1.94. The SMILES string of the molecule is c1ccc(CNn2cnc3ncncc32)cc1. The van der Waals surface area contributed by atoms with Crippen molar-refractivity contribution in [1.29, 1.82) is 0 Å². The third-order valence-corrected chi connectivity index (χ3v) is 2.52. The number of hydrogen-bond acceptors (Lipinski definition) is 4. The van der Waals surface area contributed by atoms with E-state index in [-0.39, 0.29) is 0 Å². The van der Waals surface area contributed by atoms with Gasteiger partial charge in [-0.3, -0.25) is 0 Å². The topological polar surface area (TPSA) is 55.6 Å². The van der Waals surface area contributed by atoms with Gasteiger partial charge in [0, 0.05) is 0 Å². The van der Waals surface area contributed by atoms with Gasteiger partial charge in [0.1, 0.15) is 18.2 Å². The van der Waals surface area contributed by atoms with Gasteiger partial charge in [0.2, 0.25) is 0 Å². The monoisotopic (exact) mass is 225 g/mol. The molecule has 17 heavy (non-hydrogen) atoms. The Kier molecular flexibility index (Phi) is 2.42. The first-order valence-corrected chi connectivity index (χ1v) is 5.34. The summed E-state index contributed by atoms with van der Waals surface area (Å²) in [7, 11) is 0. The van der Waals surface area contributed by atoms with Gasteiger partial charge in [-0.2, -0.15) is 0 Å². The van der Waals surface area contributed by atoms with Crippen LogP contribution in [0.15, 0.2) is 49.2 Å². The van der Waals surface area contributed by atoms with Gasteiger partial charge >= 0.3 is 0 Å². The lowest BCUT2D eigenvalue weighted by Crippen LogP contribution is -2.12. The summed E-state index contributed by atoms with van der Waals surface area (Å²) in [4.78, 5) is 12.2. The lowest BCUT2D eigenvalue weighted by atomic mass is 10.2. The molecule has 0 saturated carbocycles. The maximum absolute atomic E-state index is 4.18. The van der Waals surface area contributed by atoms with Crippen molar-refractivity contribution < 1.29 is 0 Å². The van der Waals surface area contributed by atoms with Gasteiger partial charge in [-0.15, -0.1) is 0 Å². The second-order valence-electron chi connectivity index (χ2n) is 3.67. The highest BCUT2D eigenvalue weighted by Gasteiger charge is 2.02. The standard InChI is InChI=1S/C12H11N5/c1-2-4-10(5-3-1)6-16-17-9-15-12-11(17)7-13-8-14-12/h1-5,7-9,16H,6H2. The summed E-state index contributed by atoms with van der Waals surface area (Å²) in [6, 6.07) is 10.2. The highest BCUT2D eigenvalue weighted by atomic mass is 15.4. The van der Waals surface area contributed by atoms with Gasteiger partial charge in [0.25, 0.3) is 0 Å². The molecule has 0 fully saturated rings. The predicted molar refractivity (Wildman–Crippen MR) is 64.8 cm³/mol. The summed E-state index contributed by atoms with van der Waals surface area (Å²) in [5.41, 5.74) is 6.05. The van der Waals surface area contributed by atoms with Gasteiger partial charge in [-0.25, -0.2) is 19.6 Å². The first kappa shape index (κ1) is 9.77.